The van der Waals surface area contributed by atoms with Crippen LogP contribution in [0.1, 0.15) is 31.2 Å². The van der Waals surface area contributed by atoms with Crippen LogP contribution in [0.25, 0.3) is 0 Å². The molecule has 11 heteroatoms. The number of aliphatic hydroxyl groups excluding tert-OH is 1. The van der Waals surface area contributed by atoms with Gasteiger partial charge in [-0.15, -0.1) is 0 Å². The van der Waals surface area contributed by atoms with Gasteiger partial charge in [-0.05, 0) is 32.8 Å². The van der Waals surface area contributed by atoms with Crippen LogP contribution in [0.5, 0.6) is 0 Å². The number of aromatic nitrogens is 3. The fraction of sp³-hybridized carbons (Fsp3) is 0.583. The molecule has 2 aromatic heterocycles. The zero-order valence-corrected chi connectivity index (χ0v) is 21.5. The molecule has 0 unspecified atom stereocenters. The minimum Gasteiger partial charge on any atom is -0.390 e. The second kappa shape index (κ2) is 9.71. The summed E-state index contributed by atoms with van der Waals surface area (Å²) in [6.07, 6.45) is 3.66. The zero-order chi connectivity index (χ0) is 24.7. The van der Waals surface area contributed by atoms with Gasteiger partial charge in [0, 0.05) is 48.7 Å². The standard InChI is InChI=1S/C24H30ClN7O2S/c1-14-23(35-18-3-6-28-22(19(18)25)32-10-16(9-26)11-32)30-17(12-33)21(29-14)31-7-4-24(5-8-31)13-34-15(2)20(24)27/h3,6,15-16,20,33H,4-5,7-8,10-13,27H2,1-2H3/t15-,20+/m0/s1. The molecule has 5 heterocycles. The molecule has 3 saturated heterocycles. The number of halogens is 1. The van der Waals surface area contributed by atoms with Crippen LogP contribution in [0.15, 0.2) is 22.2 Å². The van der Waals surface area contributed by atoms with Gasteiger partial charge in [-0.3, -0.25) is 0 Å². The van der Waals surface area contributed by atoms with Gasteiger partial charge in [0.1, 0.15) is 16.5 Å². The fourth-order valence-corrected chi connectivity index (χ4v) is 6.38. The Labute approximate surface area is 214 Å². The van der Waals surface area contributed by atoms with Crippen LogP contribution >= 0.6 is 23.4 Å². The average molecular weight is 516 g/mol. The van der Waals surface area contributed by atoms with Crippen LogP contribution in [0, 0.1) is 29.6 Å². The van der Waals surface area contributed by atoms with Gasteiger partial charge in [-0.1, -0.05) is 23.4 Å². The highest BCUT2D eigenvalue weighted by Crippen LogP contribution is 2.43. The van der Waals surface area contributed by atoms with E-state index in [1.165, 1.54) is 11.8 Å². The highest BCUT2D eigenvalue weighted by molar-refractivity contribution is 7.99. The maximum Gasteiger partial charge on any atom is 0.153 e. The van der Waals surface area contributed by atoms with E-state index in [1.54, 1.807) is 6.20 Å². The molecule has 3 aliphatic rings. The van der Waals surface area contributed by atoms with Crippen molar-refractivity contribution in [3.05, 3.63) is 28.7 Å². The number of ether oxygens (including phenoxy) is 1. The first-order valence-electron chi connectivity index (χ1n) is 11.9. The zero-order valence-electron chi connectivity index (χ0n) is 19.9. The fourth-order valence-electron chi connectivity index (χ4n) is 5.17. The van der Waals surface area contributed by atoms with E-state index in [2.05, 4.69) is 16.0 Å². The third-order valence-corrected chi connectivity index (χ3v) is 9.16. The molecule has 0 saturated carbocycles. The van der Waals surface area contributed by atoms with Crippen molar-refractivity contribution in [3.8, 4) is 6.07 Å². The van der Waals surface area contributed by atoms with Gasteiger partial charge in [-0.25, -0.2) is 15.0 Å². The Morgan fingerprint density at radius 1 is 1.29 bits per heavy atom. The molecule has 2 aromatic rings. The molecule has 3 N–H and O–H groups in total. The van der Waals surface area contributed by atoms with E-state index in [0.717, 1.165) is 42.3 Å². The Kier molecular flexibility index (Phi) is 6.81. The van der Waals surface area contributed by atoms with E-state index in [9.17, 15) is 5.11 Å². The number of anilines is 2. The van der Waals surface area contributed by atoms with E-state index in [-0.39, 0.29) is 30.1 Å². The van der Waals surface area contributed by atoms with Crippen molar-refractivity contribution in [2.75, 3.05) is 42.6 Å². The second-order valence-electron chi connectivity index (χ2n) is 9.71. The highest BCUT2D eigenvalue weighted by atomic mass is 35.5. The van der Waals surface area contributed by atoms with Crippen LogP contribution in [0.2, 0.25) is 5.02 Å². The van der Waals surface area contributed by atoms with Crippen molar-refractivity contribution in [3.63, 3.8) is 0 Å². The molecule has 35 heavy (non-hydrogen) atoms. The Hall–Kier alpha value is -2.16. The van der Waals surface area contributed by atoms with Crippen LogP contribution in [0.4, 0.5) is 11.6 Å². The number of nitrogens with zero attached hydrogens (tertiary/aromatic N) is 6. The smallest absolute Gasteiger partial charge is 0.153 e. The monoisotopic (exact) mass is 515 g/mol. The van der Waals surface area contributed by atoms with Crippen LogP contribution in [-0.2, 0) is 11.3 Å². The van der Waals surface area contributed by atoms with Crippen molar-refractivity contribution in [2.45, 2.75) is 55.4 Å². The Balaban J connectivity index is 1.34. The van der Waals surface area contributed by atoms with Gasteiger partial charge in [0.2, 0.25) is 0 Å². The number of hydrogen-bond donors (Lipinski definition) is 2. The SMILES string of the molecule is Cc1nc(N2CCC3(CC2)CO[C@@H](C)[C@H]3N)c(CO)nc1Sc1ccnc(N2CC(C#N)C2)c1Cl. The number of rotatable bonds is 5. The maximum atomic E-state index is 10.1. The summed E-state index contributed by atoms with van der Waals surface area (Å²) >= 11 is 8.10. The average Bonchev–Trinajstić information content (AvgIpc) is 3.10. The molecular weight excluding hydrogens is 486 g/mol. The molecule has 0 radical (unpaired) electrons. The molecule has 1 spiro atoms. The summed E-state index contributed by atoms with van der Waals surface area (Å²) in [4.78, 5) is 19.1. The van der Waals surface area contributed by atoms with Gasteiger partial charge in [0.25, 0.3) is 0 Å². The van der Waals surface area contributed by atoms with Crippen molar-refractivity contribution in [1.82, 2.24) is 15.0 Å². The molecule has 3 fully saturated rings. The summed E-state index contributed by atoms with van der Waals surface area (Å²) in [5, 5.41) is 20.4. The van der Waals surface area contributed by atoms with Crippen molar-refractivity contribution >= 4 is 35.0 Å². The second-order valence-corrected chi connectivity index (χ2v) is 11.1. The summed E-state index contributed by atoms with van der Waals surface area (Å²) in [6.45, 7) is 7.35. The van der Waals surface area contributed by atoms with Crippen molar-refractivity contribution in [1.29, 1.82) is 5.26 Å². The number of nitriles is 1. The first kappa shape index (κ1) is 24.5. The highest BCUT2D eigenvalue weighted by Gasteiger charge is 2.47. The van der Waals surface area contributed by atoms with Gasteiger partial charge in [-0.2, -0.15) is 5.26 Å². The molecule has 0 amide bonds. The molecule has 0 aromatic carbocycles. The number of nitrogens with two attached hydrogens (primary N) is 1. The normalized spacial score (nSPS) is 24.0. The number of pyridine rings is 1. The maximum absolute atomic E-state index is 10.1. The number of hydrogen-bond acceptors (Lipinski definition) is 10. The summed E-state index contributed by atoms with van der Waals surface area (Å²) in [6, 6.07) is 4.17. The lowest BCUT2D eigenvalue weighted by molar-refractivity contribution is 0.0973. The quantitative estimate of drug-likeness (QED) is 0.614. The van der Waals surface area contributed by atoms with E-state index >= 15 is 0 Å². The third kappa shape index (κ3) is 4.45. The predicted octanol–water partition coefficient (Wildman–Crippen LogP) is 2.77. The van der Waals surface area contributed by atoms with Crippen molar-refractivity contribution < 1.29 is 9.84 Å². The van der Waals surface area contributed by atoms with Gasteiger partial charge in [0.15, 0.2) is 5.82 Å². The molecule has 5 rings (SSSR count). The van der Waals surface area contributed by atoms with E-state index in [0.29, 0.717) is 41.3 Å². The number of piperidine rings is 1. The molecule has 0 aliphatic carbocycles. The Bertz CT molecular complexity index is 1150. The summed E-state index contributed by atoms with van der Waals surface area (Å²) < 4.78 is 5.84. The lowest BCUT2D eigenvalue weighted by Gasteiger charge is -2.42. The van der Waals surface area contributed by atoms with Crippen LogP contribution in [0.3, 0.4) is 0 Å². The van der Waals surface area contributed by atoms with Gasteiger partial charge in [0.05, 0.1) is 42.0 Å². The molecule has 9 nitrogen and oxygen atoms in total. The van der Waals surface area contributed by atoms with Crippen molar-refractivity contribution in [2.24, 2.45) is 17.1 Å². The lowest BCUT2D eigenvalue weighted by atomic mass is 9.73. The first-order valence-corrected chi connectivity index (χ1v) is 13.1. The first-order chi connectivity index (χ1) is 16.8. The minimum atomic E-state index is -0.198. The molecule has 2 atom stereocenters. The molecule has 3 aliphatic heterocycles. The molecule has 0 bridgehead atoms. The predicted molar refractivity (Wildman–Crippen MR) is 135 cm³/mol. The summed E-state index contributed by atoms with van der Waals surface area (Å²) in [5.41, 5.74) is 7.82. The van der Waals surface area contributed by atoms with E-state index < -0.39 is 0 Å². The number of aliphatic hydroxyl groups is 1. The molecular formula is C24H30ClN7O2S. The summed E-state index contributed by atoms with van der Waals surface area (Å²) in [5.74, 6) is 1.43. The topological polar surface area (TPSA) is 124 Å². The van der Waals surface area contributed by atoms with E-state index in [1.807, 2.05) is 24.8 Å². The third-order valence-electron chi connectivity index (χ3n) is 7.54. The minimum absolute atomic E-state index is 0.0157. The number of aryl methyl sites for hydroxylation is 1. The van der Waals surface area contributed by atoms with Gasteiger partial charge < -0.3 is 25.4 Å². The van der Waals surface area contributed by atoms with Crippen LogP contribution in [-0.4, -0.2) is 65.0 Å². The largest absolute Gasteiger partial charge is 0.390 e. The lowest BCUT2D eigenvalue weighted by Crippen LogP contribution is -2.51. The molecule has 186 valence electrons. The Morgan fingerprint density at radius 2 is 2.03 bits per heavy atom. The summed E-state index contributed by atoms with van der Waals surface area (Å²) in [7, 11) is 0. The van der Waals surface area contributed by atoms with Crippen LogP contribution < -0.4 is 15.5 Å². The van der Waals surface area contributed by atoms with Gasteiger partial charge >= 0.3 is 0 Å². The Morgan fingerprint density at radius 3 is 2.66 bits per heavy atom. The van der Waals surface area contributed by atoms with E-state index in [4.69, 9.17) is 37.3 Å².